The van der Waals surface area contributed by atoms with Crippen LogP contribution in [0, 0.1) is 11.3 Å². The van der Waals surface area contributed by atoms with Crippen molar-refractivity contribution in [3.05, 3.63) is 11.5 Å². The fourth-order valence-corrected chi connectivity index (χ4v) is 8.05. The molecule has 4 aliphatic heterocycles. The first-order valence-corrected chi connectivity index (χ1v) is 12.9. The van der Waals surface area contributed by atoms with E-state index in [-0.39, 0.29) is 37.7 Å². The Labute approximate surface area is 187 Å². The van der Waals surface area contributed by atoms with Crippen LogP contribution >= 0.6 is 11.8 Å². The van der Waals surface area contributed by atoms with Crippen LogP contribution < -0.4 is 5.73 Å². The second kappa shape index (κ2) is 9.11. The maximum Gasteiger partial charge on any atom is 0.309 e. The van der Waals surface area contributed by atoms with E-state index in [1.54, 1.807) is 16.4 Å². The van der Waals surface area contributed by atoms with Gasteiger partial charge in [0, 0.05) is 31.4 Å². The van der Waals surface area contributed by atoms with Crippen molar-refractivity contribution in [3.63, 3.8) is 0 Å². The lowest BCUT2D eigenvalue weighted by Gasteiger charge is -2.36. The average molecular weight is 466 g/mol. The van der Waals surface area contributed by atoms with Crippen molar-refractivity contribution in [3.8, 4) is 6.07 Å². The number of carbonyl (C=O) groups excluding carboxylic acids is 2. The summed E-state index contributed by atoms with van der Waals surface area (Å²) in [6.45, 7) is 0.699. The smallest absolute Gasteiger partial charge is 0.309 e. The summed E-state index contributed by atoms with van der Waals surface area (Å²) in [6.07, 6.45) is 3.47. The first kappa shape index (κ1) is 22.6. The molecule has 5 atom stereocenters. The van der Waals surface area contributed by atoms with Gasteiger partial charge in [0.2, 0.25) is 21.8 Å². The van der Waals surface area contributed by atoms with Crippen molar-refractivity contribution in [1.29, 1.82) is 5.26 Å². The van der Waals surface area contributed by atoms with Gasteiger partial charge >= 0.3 is 7.48 Å². The summed E-state index contributed by atoms with van der Waals surface area (Å²) < 4.78 is 32.4. The Bertz CT molecular complexity index is 910. The number of fused-ring (bicyclic) bond motifs is 2. The standard InChI is InChI=1S/C18H25BN5O5S2/c20-7-12-2-1-4-22(12)17(25)15(19-29-11-21)9-23-13-6-16(18(23)26)24(8-13)31(27,28)14-3-5-30-10-14/h3,5,12-16H,1-2,4,6,8-11,21H2/t12-,13-,14?,15-,16-/m0/s1. The highest BCUT2D eigenvalue weighted by Crippen LogP contribution is 2.37. The van der Waals surface area contributed by atoms with Gasteiger partial charge in [-0.1, -0.05) is 6.08 Å². The lowest BCUT2D eigenvalue weighted by Crippen LogP contribution is -2.55. The van der Waals surface area contributed by atoms with Crippen molar-refractivity contribution < 1.29 is 22.7 Å². The van der Waals surface area contributed by atoms with Crippen LogP contribution in [-0.2, 0) is 24.3 Å². The molecule has 0 spiro atoms. The van der Waals surface area contributed by atoms with Crippen molar-refractivity contribution >= 4 is 41.1 Å². The van der Waals surface area contributed by atoms with E-state index in [2.05, 4.69) is 6.07 Å². The van der Waals surface area contributed by atoms with Gasteiger partial charge in [0.15, 0.2) is 0 Å². The first-order chi connectivity index (χ1) is 14.9. The van der Waals surface area contributed by atoms with E-state index >= 15 is 0 Å². The number of nitrogens with two attached hydrogens (primary N) is 1. The van der Waals surface area contributed by atoms with Gasteiger partial charge in [-0.3, -0.25) is 9.59 Å². The Kier molecular flexibility index (Phi) is 6.64. The average Bonchev–Trinajstić information content (AvgIpc) is 3.55. The largest absolute Gasteiger partial charge is 0.428 e. The molecule has 0 aliphatic carbocycles. The lowest BCUT2D eigenvalue weighted by atomic mass is 9.78. The maximum absolute atomic E-state index is 13.1. The Balaban J connectivity index is 1.46. The molecule has 31 heavy (non-hydrogen) atoms. The third-order valence-corrected chi connectivity index (χ3v) is 9.61. The lowest BCUT2D eigenvalue weighted by molar-refractivity contribution is -0.136. The highest BCUT2D eigenvalue weighted by molar-refractivity contribution is 8.03. The van der Waals surface area contributed by atoms with Crippen molar-refractivity contribution in [2.24, 2.45) is 5.73 Å². The van der Waals surface area contributed by atoms with Crippen LogP contribution in [-0.4, -0.2) is 97.3 Å². The van der Waals surface area contributed by atoms with Gasteiger partial charge in [-0.15, -0.1) is 11.8 Å². The number of amides is 2. The molecule has 0 saturated carbocycles. The predicted octanol–water partition coefficient (Wildman–Crippen LogP) is -0.915. The third kappa shape index (κ3) is 4.11. The molecule has 3 saturated heterocycles. The molecule has 4 heterocycles. The van der Waals surface area contributed by atoms with E-state index in [4.69, 9.17) is 10.4 Å². The van der Waals surface area contributed by atoms with Gasteiger partial charge in [0.25, 0.3) is 0 Å². The fourth-order valence-electron chi connectivity index (χ4n) is 4.78. The number of rotatable bonds is 8. The molecular weight excluding hydrogens is 441 g/mol. The van der Waals surface area contributed by atoms with Crippen LogP contribution in [0.25, 0.3) is 0 Å². The molecule has 4 aliphatic rings. The highest BCUT2D eigenvalue weighted by Gasteiger charge is 2.55. The molecule has 2 N–H and O–H groups in total. The SMILES string of the molecule is N#C[C@@H]1CCCN1C(=O)[C@@H]([B]OCN)CN1C(=O)[C@@H]2C[C@H]1CN2S(=O)(=O)C1C=CSC1. The predicted molar refractivity (Wildman–Crippen MR) is 115 cm³/mol. The Morgan fingerprint density at radius 2 is 2.29 bits per heavy atom. The van der Waals surface area contributed by atoms with Gasteiger partial charge in [-0.05, 0) is 24.7 Å². The number of likely N-dealkylation sites (tertiary alicyclic amines) is 2. The summed E-state index contributed by atoms with van der Waals surface area (Å²) in [4.78, 5) is 29.3. The van der Waals surface area contributed by atoms with Crippen molar-refractivity contribution in [2.45, 2.75) is 48.5 Å². The number of hydrogen-bond donors (Lipinski definition) is 1. The molecule has 0 aromatic carbocycles. The molecule has 4 rings (SSSR count). The molecule has 1 radical (unpaired) electrons. The van der Waals surface area contributed by atoms with Crippen LogP contribution in [0.1, 0.15) is 19.3 Å². The number of hydrogen-bond acceptors (Lipinski definition) is 8. The van der Waals surface area contributed by atoms with Gasteiger partial charge < -0.3 is 20.2 Å². The number of sulfonamides is 1. The van der Waals surface area contributed by atoms with Gasteiger partial charge in [-0.2, -0.15) is 9.57 Å². The summed E-state index contributed by atoms with van der Waals surface area (Å²) in [5.74, 6) is -0.858. The van der Waals surface area contributed by atoms with Crippen LogP contribution in [0.5, 0.6) is 0 Å². The number of thioether (sulfide) groups is 1. The summed E-state index contributed by atoms with van der Waals surface area (Å²) >= 11 is 1.45. The molecule has 13 heteroatoms. The fraction of sp³-hybridized carbons (Fsp3) is 0.722. The molecule has 2 bridgehead atoms. The molecule has 2 amide bonds. The van der Waals surface area contributed by atoms with E-state index in [9.17, 15) is 23.3 Å². The van der Waals surface area contributed by atoms with Gasteiger partial charge in [0.1, 0.15) is 17.3 Å². The summed E-state index contributed by atoms with van der Waals surface area (Å²) in [5.41, 5.74) is 5.41. The normalized spacial score (nSPS) is 31.4. The van der Waals surface area contributed by atoms with E-state index < -0.39 is 33.2 Å². The number of nitriles is 1. The van der Waals surface area contributed by atoms with E-state index in [1.807, 2.05) is 0 Å². The van der Waals surface area contributed by atoms with Crippen molar-refractivity contribution in [1.82, 2.24) is 14.1 Å². The monoisotopic (exact) mass is 466 g/mol. The maximum atomic E-state index is 13.1. The Morgan fingerprint density at radius 1 is 1.48 bits per heavy atom. The van der Waals surface area contributed by atoms with Gasteiger partial charge in [-0.25, -0.2) is 8.42 Å². The molecule has 0 aromatic heterocycles. The molecular formula is C18H25BN5O5S2. The van der Waals surface area contributed by atoms with Crippen LogP contribution in [0.4, 0.5) is 0 Å². The third-order valence-electron chi connectivity index (χ3n) is 6.35. The van der Waals surface area contributed by atoms with E-state index in [0.717, 1.165) is 6.42 Å². The Hall–Kier alpha value is -1.59. The number of nitrogens with zero attached hydrogens (tertiary/aromatic N) is 4. The minimum absolute atomic E-state index is 0.0839. The molecule has 1 unspecified atom stereocenters. The minimum Gasteiger partial charge on any atom is -0.428 e. The molecule has 3 fully saturated rings. The molecule has 0 aromatic rings. The van der Waals surface area contributed by atoms with Crippen LogP contribution in [0.15, 0.2) is 11.5 Å². The van der Waals surface area contributed by atoms with E-state index in [1.165, 1.54) is 28.4 Å². The zero-order valence-electron chi connectivity index (χ0n) is 17.0. The van der Waals surface area contributed by atoms with Crippen LogP contribution in [0.2, 0.25) is 5.82 Å². The zero-order chi connectivity index (χ0) is 22.2. The summed E-state index contributed by atoms with van der Waals surface area (Å²) in [6, 6.07) is 0.664. The number of piperazine rings is 1. The molecule has 167 valence electrons. The highest BCUT2D eigenvalue weighted by atomic mass is 32.2. The quantitative estimate of drug-likeness (QED) is 0.359. The minimum atomic E-state index is -3.59. The summed E-state index contributed by atoms with van der Waals surface area (Å²) in [7, 11) is -2.25. The summed E-state index contributed by atoms with van der Waals surface area (Å²) in [5, 5.41) is 10.5. The topological polar surface area (TPSA) is 137 Å². The van der Waals surface area contributed by atoms with Crippen LogP contribution in [0.3, 0.4) is 0 Å². The van der Waals surface area contributed by atoms with E-state index in [0.29, 0.717) is 25.1 Å². The van der Waals surface area contributed by atoms with Crippen molar-refractivity contribution in [2.75, 3.05) is 32.1 Å². The second-order valence-corrected chi connectivity index (χ2v) is 11.1. The Morgan fingerprint density at radius 3 is 2.94 bits per heavy atom. The zero-order valence-corrected chi connectivity index (χ0v) is 18.6. The first-order valence-electron chi connectivity index (χ1n) is 10.3. The second-order valence-electron chi connectivity index (χ2n) is 8.11. The van der Waals surface area contributed by atoms with Gasteiger partial charge in [0.05, 0.1) is 18.6 Å². The number of carbonyl (C=O) groups is 2. The molecule has 10 nitrogen and oxygen atoms in total.